The molecular weight excluding hydrogens is 358 g/mol. The van der Waals surface area contributed by atoms with Crippen molar-refractivity contribution < 1.29 is 18.8 Å². The molecule has 7 nitrogen and oxygen atoms in total. The maximum absolute atomic E-state index is 12.6. The molecule has 0 fully saturated rings. The predicted octanol–water partition coefficient (Wildman–Crippen LogP) is 4.38. The first-order valence-corrected chi connectivity index (χ1v) is 8.74. The van der Waals surface area contributed by atoms with E-state index in [2.05, 4.69) is 15.8 Å². The average molecular weight is 379 g/mol. The fraction of sp³-hybridized carbons (Fsp3) is 0.190. The largest absolute Gasteiger partial charge is 0.457 e. The smallest absolute Gasteiger partial charge is 0.240 e. The van der Waals surface area contributed by atoms with E-state index < -0.39 is 17.2 Å². The Morgan fingerprint density at radius 3 is 2.14 bits per heavy atom. The number of amides is 2. The number of nitrogens with one attached hydrogen (secondary N) is 2. The number of carbonyl (C=O) groups excluding carboxylic acids is 2. The number of anilines is 2. The van der Waals surface area contributed by atoms with Gasteiger partial charge in [0.15, 0.2) is 5.82 Å². The van der Waals surface area contributed by atoms with E-state index in [1.807, 2.05) is 30.3 Å². The Hall–Kier alpha value is -3.61. The van der Waals surface area contributed by atoms with Crippen LogP contribution in [0, 0.1) is 12.3 Å². The number of aromatic nitrogens is 1. The second-order valence-electron chi connectivity index (χ2n) is 6.80. The number of para-hydroxylation sites is 1. The fourth-order valence-corrected chi connectivity index (χ4v) is 2.32. The monoisotopic (exact) mass is 379 g/mol. The number of ether oxygens (including phenoxy) is 1. The molecule has 3 rings (SSSR count). The van der Waals surface area contributed by atoms with Gasteiger partial charge in [-0.05, 0) is 57.2 Å². The highest BCUT2D eigenvalue weighted by molar-refractivity contribution is 6.13. The molecule has 0 unspecified atom stereocenters. The third-order valence-corrected chi connectivity index (χ3v) is 4.10. The number of hydrogen-bond acceptors (Lipinski definition) is 5. The average Bonchev–Trinajstić information content (AvgIpc) is 3.08. The summed E-state index contributed by atoms with van der Waals surface area (Å²) in [5.74, 6) is 1.27. The van der Waals surface area contributed by atoms with Crippen LogP contribution in [0.1, 0.15) is 19.6 Å². The van der Waals surface area contributed by atoms with E-state index in [-0.39, 0.29) is 5.82 Å². The molecule has 3 aromatic rings. The standard InChI is InChI=1S/C21H21N3O4/c1-14-13-18(24-28-14)23-20(26)21(2,3)19(25)22-15-9-11-17(12-10-15)27-16-7-5-4-6-8-16/h4-13H,1-3H3,(H,22,25)(H,23,24,26). The Bertz CT molecular complexity index is 963. The molecule has 2 aromatic carbocycles. The first-order valence-electron chi connectivity index (χ1n) is 8.74. The van der Waals surface area contributed by atoms with Crippen LogP contribution in [0.25, 0.3) is 0 Å². The first-order chi connectivity index (χ1) is 13.3. The van der Waals surface area contributed by atoms with Crippen molar-refractivity contribution in [3.8, 4) is 11.5 Å². The summed E-state index contributed by atoms with van der Waals surface area (Å²) in [5, 5.41) is 9.03. The highest BCUT2D eigenvalue weighted by atomic mass is 16.5. The molecule has 1 aromatic heterocycles. The summed E-state index contributed by atoms with van der Waals surface area (Å²) in [5.41, 5.74) is -0.755. The van der Waals surface area contributed by atoms with Gasteiger partial charge in [0, 0.05) is 11.8 Å². The number of nitrogens with zero attached hydrogens (tertiary/aromatic N) is 1. The van der Waals surface area contributed by atoms with Crippen LogP contribution in [0.2, 0.25) is 0 Å². The van der Waals surface area contributed by atoms with Crippen molar-refractivity contribution in [2.24, 2.45) is 5.41 Å². The first kappa shape index (κ1) is 19.2. The van der Waals surface area contributed by atoms with E-state index in [0.29, 0.717) is 17.2 Å². The Balaban J connectivity index is 1.61. The van der Waals surface area contributed by atoms with Crippen LogP contribution >= 0.6 is 0 Å². The van der Waals surface area contributed by atoms with Crippen molar-refractivity contribution in [2.75, 3.05) is 10.6 Å². The summed E-state index contributed by atoms with van der Waals surface area (Å²) >= 11 is 0. The molecule has 0 aliphatic heterocycles. The summed E-state index contributed by atoms with van der Waals surface area (Å²) in [4.78, 5) is 25.1. The van der Waals surface area contributed by atoms with E-state index in [0.717, 1.165) is 5.75 Å². The Labute approximate surface area is 162 Å². The summed E-state index contributed by atoms with van der Waals surface area (Å²) < 4.78 is 10.6. The zero-order chi connectivity index (χ0) is 20.1. The molecule has 0 aliphatic carbocycles. The van der Waals surface area contributed by atoms with Crippen LogP contribution in [0.5, 0.6) is 11.5 Å². The van der Waals surface area contributed by atoms with Gasteiger partial charge in [-0.1, -0.05) is 23.4 Å². The second-order valence-corrected chi connectivity index (χ2v) is 6.80. The van der Waals surface area contributed by atoms with E-state index in [1.165, 1.54) is 13.8 Å². The Kier molecular flexibility index (Phi) is 5.44. The lowest BCUT2D eigenvalue weighted by atomic mass is 9.91. The number of rotatable bonds is 6. The van der Waals surface area contributed by atoms with Gasteiger partial charge in [0.05, 0.1) is 0 Å². The van der Waals surface area contributed by atoms with Crippen LogP contribution in [0.3, 0.4) is 0 Å². The molecule has 7 heteroatoms. The maximum atomic E-state index is 12.6. The summed E-state index contributed by atoms with van der Waals surface area (Å²) in [6, 6.07) is 17.9. The number of benzene rings is 2. The van der Waals surface area contributed by atoms with Gasteiger partial charge < -0.3 is 19.9 Å². The van der Waals surface area contributed by atoms with Crippen LogP contribution < -0.4 is 15.4 Å². The van der Waals surface area contributed by atoms with Crippen molar-refractivity contribution in [2.45, 2.75) is 20.8 Å². The molecule has 1 heterocycles. The summed E-state index contributed by atoms with van der Waals surface area (Å²) in [6.45, 7) is 4.79. The van der Waals surface area contributed by atoms with Crippen LogP contribution in [0.15, 0.2) is 65.2 Å². The van der Waals surface area contributed by atoms with Crippen LogP contribution in [-0.2, 0) is 9.59 Å². The van der Waals surface area contributed by atoms with Crippen molar-refractivity contribution in [1.29, 1.82) is 0 Å². The highest BCUT2D eigenvalue weighted by Crippen LogP contribution is 2.25. The van der Waals surface area contributed by atoms with Gasteiger partial charge in [-0.2, -0.15) is 0 Å². The fourth-order valence-electron chi connectivity index (χ4n) is 2.32. The van der Waals surface area contributed by atoms with Gasteiger partial charge in [-0.3, -0.25) is 9.59 Å². The molecule has 0 saturated carbocycles. The molecular formula is C21H21N3O4. The van der Waals surface area contributed by atoms with Gasteiger partial charge in [0.2, 0.25) is 11.8 Å². The second kappa shape index (κ2) is 7.96. The number of aryl methyl sites for hydroxylation is 1. The third-order valence-electron chi connectivity index (χ3n) is 4.10. The van der Waals surface area contributed by atoms with Gasteiger partial charge >= 0.3 is 0 Å². The van der Waals surface area contributed by atoms with Crippen molar-refractivity contribution >= 4 is 23.3 Å². The topological polar surface area (TPSA) is 93.5 Å². The van der Waals surface area contributed by atoms with Gasteiger partial charge in [0.1, 0.15) is 22.7 Å². The minimum absolute atomic E-state index is 0.269. The predicted molar refractivity (Wildman–Crippen MR) is 105 cm³/mol. The number of hydrogen-bond donors (Lipinski definition) is 2. The Morgan fingerprint density at radius 2 is 1.54 bits per heavy atom. The van der Waals surface area contributed by atoms with Crippen molar-refractivity contribution in [1.82, 2.24) is 5.16 Å². The molecule has 144 valence electrons. The van der Waals surface area contributed by atoms with E-state index >= 15 is 0 Å². The SMILES string of the molecule is Cc1cc(NC(=O)C(C)(C)C(=O)Nc2ccc(Oc3ccccc3)cc2)no1. The van der Waals surface area contributed by atoms with Gasteiger partial charge in [-0.15, -0.1) is 0 Å². The lowest BCUT2D eigenvalue weighted by Crippen LogP contribution is -2.41. The lowest BCUT2D eigenvalue weighted by molar-refractivity contribution is -0.135. The lowest BCUT2D eigenvalue weighted by Gasteiger charge is -2.22. The van der Waals surface area contributed by atoms with Crippen molar-refractivity contribution in [3.05, 3.63) is 66.4 Å². The minimum atomic E-state index is -1.31. The van der Waals surface area contributed by atoms with E-state index in [9.17, 15) is 9.59 Å². The zero-order valence-corrected chi connectivity index (χ0v) is 15.9. The van der Waals surface area contributed by atoms with Gasteiger partial charge in [-0.25, -0.2) is 0 Å². The zero-order valence-electron chi connectivity index (χ0n) is 15.9. The molecule has 2 N–H and O–H groups in total. The Morgan fingerprint density at radius 1 is 0.929 bits per heavy atom. The molecule has 28 heavy (non-hydrogen) atoms. The van der Waals surface area contributed by atoms with E-state index in [4.69, 9.17) is 9.26 Å². The maximum Gasteiger partial charge on any atom is 0.240 e. The number of carbonyl (C=O) groups is 2. The van der Waals surface area contributed by atoms with Crippen molar-refractivity contribution in [3.63, 3.8) is 0 Å². The molecule has 0 aliphatic rings. The quantitative estimate of drug-likeness (QED) is 0.620. The summed E-state index contributed by atoms with van der Waals surface area (Å²) in [7, 11) is 0. The normalized spacial score (nSPS) is 11.0. The van der Waals surface area contributed by atoms with E-state index in [1.54, 1.807) is 37.3 Å². The third kappa shape index (κ3) is 4.56. The highest BCUT2D eigenvalue weighted by Gasteiger charge is 2.36. The van der Waals surface area contributed by atoms with Gasteiger partial charge in [0.25, 0.3) is 0 Å². The molecule has 0 saturated heterocycles. The summed E-state index contributed by atoms with van der Waals surface area (Å²) in [6.07, 6.45) is 0. The molecule has 0 atom stereocenters. The molecule has 0 bridgehead atoms. The van der Waals surface area contributed by atoms with Crippen LogP contribution in [-0.4, -0.2) is 17.0 Å². The molecule has 2 amide bonds. The molecule has 0 spiro atoms. The molecule has 0 radical (unpaired) electrons. The van der Waals surface area contributed by atoms with Crippen LogP contribution in [0.4, 0.5) is 11.5 Å². The minimum Gasteiger partial charge on any atom is -0.457 e.